The SMILES string of the molecule is Cc1ccc(NC(=O)c2ccc(C(C)(C)C)cc2)cc1Cc1nc(-c2cccnc2)cs1. The second-order valence-electron chi connectivity index (χ2n) is 8.97. The van der Waals surface area contributed by atoms with Crippen molar-refractivity contribution in [3.05, 3.63) is 99.6 Å². The van der Waals surface area contributed by atoms with Gasteiger partial charge in [-0.1, -0.05) is 39.0 Å². The summed E-state index contributed by atoms with van der Waals surface area (Å²) in [6, 6.07) is 17.8. The molecule has 1 amide bonds. The first kappa shape index (κ1) is 21.9. The summed E-state index contributed by atoms with van der Waals surface area (Å²) in [5, 5.41) is 6.14. The zero-order valence-electron chi connectivity index (χ0n) is 18.8. The van der Waals surface area contributed by atoms with Gasteiger partial charge < -0.3 is 5.32 Å². The van der Waals surface area contributed by atoms with E-state index >= 15 is 0 Å². The average molecular weight is 442 g/mol. The normalized spacial score (nSPS) is 11.4. The molecule has 0 saturated carbocycles. The predicted molar refractivity (Wildman–Crippen MR) is 132 cm³/mol. The lowest BCUT2D eigenvalue weighted by Crippen LogP contribution is -2.14. The molecule has 162 valence electrons. The monoisotopic (exact) mass is 441 g/mol. The Morgan fingerprint density at radius 3 is 2.53 bits per heavy atom. The number of nitrogens with zero attached hydrogens (tertiary/aromatic N) is 2. The van der Waals surface area contributed by atoms with Crippen molar-refractivity contribution in [2.24, 2.45) is 0 Å². The molecule has 0 aliphatic carbocycles. The lowest BCUT2D eigenvalue weighted by molar-refractivity contribution is 0.102. The topological polar surface area (TPSA) is 54.9 Å². The molecule has 0 fully saturated rings. The molecule has 0 unspecified atom stereocenters. The molecule has 0 saturated heterocycles. The molecule has 4 nitrogen and oxygen atoms in total. The lowest BCUT2D eigenvalue weighted by Gasteiger charge is -2.19. The number of hydrogen-bond donors (Lipinski definition) is 1. The van der Waals surface area contributed by atoms with Gasteiger partial charge in [0.05, 0.1) is 10.7 Å². The molecule has 2 heterocycles. The maximum absolute atomic E-state index is 12.8. The maximum atomic E-state index is 12.8. The van der Waals surface area contributed by atoms with Gasteiger partial charge in [0.25, 0.3) is 5.91 Å². The van der Waals surface area contributed by atoms with E-state index in [1.807, 2.05) is 60.8 Å². The fourth-order valence-corrected chi connectivity index (χ4v) is 4.29. The minimum atomic E-state index is -0.103. The molecule has 0 radical (unpaired) electrons. The van der Waals surface area contributed by atoms with Crippen LogP contribution in [0.15, 0.2) is 72.4 Å². The molecule has 0 aliphatic heterocycles. The number of pyridine rings is 1. The molecule has 2 aromatic carbocycles. The van der Waals surface area contributed by atoms with Gasteiger partial charge in [-0.2, -0.15) is 0 Å². The smallest absolute Gasteiger partial charge is 0.255 e. The molecule has 2 aromatic heterocycles. The van der Waals surface area contributed by atoms with Crippen molar-refractivity contribution >= 4 is 22.9 Å². The molecule has 0 bridgehead atoms. The van der Waals surface area contributed by atoms with Gasteiger partial charge in [0, 0.05) is 41.0 Å². The van der Waals surface area contributed by atoms with Crippen LogP contribution in [0.5, 0.6) is 0 Å². The number of hydrogen-bond acceptors (Lipinski definition) is 4. The van der Waals surface area contributed by atoms with Gasteiger partial charge in [-0.3, -0.25) is 9.78 Å². The van der Waals surface area contributed by atoms with Crippen LogP contribution in [0.3, 0.4) is 0 Å². The number of nitrogens with one attached hydrogen (secondary N) is 1. The molecule has 5 heteroatoms. The van der Waals surface area contributed by atoms with Crippen LogP contribution in [0.4, 0.5) is 5.69 Å². The highest BCUT2D eigenvalue weighted by Gasteiger charge is 2.15. The first-order valence-electron chi connectivity index (χ1n) is 10.7. The van der Waals surface area contributed by atoms with Crippen LogP contribution in [0, 0.1) is 6.92 Å². The number of aromatic nitrogens is 2. The van der Waals surface area contributed by atoms with E-state index in [-0.39, 0.29) is 11.3 Å². The Hall–Kier alpha value is -3.31. The van der Waals surface area contributed by atoms with Crippen LogP contribution in [0.2, 0.25) is 0 Å². The third-order valence-electron chi connectivity index (χ3n) is 5.47. The summed E-state index contributed by atoms with van der Waals surface area (Å²) in [5.74, 6) is -0.103. The van der Waals surface area contributed by atoms with Crippen molar-refractivity contribution in [2.75, 3.05) is 5.32 Å². The molecule has 32 heavy (non-hydrogen) atoms. The quantitative estimate of drug-likeness (QED) is 0.377. The number of thiazole rings is 1. The van der Waals surface area contributed by atoms with E-state index in [1.54, 1.807) is 17.5 Å². The summed E-state index contributed by atoms with van der Waals surface area (Å²) in [7, 11) is 0. The van der Waals surface area contributed by atoms with Crippen LogP contribution < -0.4 is 5.32 Å². The van der Waals surface area contributed by atoms with Crippen molar-refractivity contribution < 1.29 is 4.79 Å². The predicted octanol–water partition coefficient (Wildman–Crippen LogP) is 6.65. The highest BCUT2D eigenvalue weighted by Crippen LogP contribution is 2.26. The van der Waals surface area contributed by atoms with Gasteiger partial charge >= 0.3 is 0 Å². The molecule has 0 spiro atoms. The summed E-state index contributed by atoms with van der Waals surface area (Å²) in [6.07, 6.45) is 4.31. The van der Waals surface area contributed by atoms with E-state index in [1.165, 1.54) is 11.1 Å². The van der Waals surface area contributed by atoms with Gasteiger partial charge in [-0.25, -0.2) is 4.98 Å². The van der Waals surface area contributed by atoms with Gasteiger partial charge in [0.2, 0.25) is 0 Å². The highest BCUT2D eigenvalue weighted by molar-refractivity contribution is 7.10. The largest absolute Gasteiger partial charge is 0.322 e. The first-order valence-corrected chi connectivity index (χ1v) is 11.5. The number of carbonyl (C=O) groups is 1. The van der Waals surface area contributed by atoms with Crippen molar-refractivity contribution in [3.8, 4) is 11.3 Å². The molecular formula is C27H27N3OS. The van der Waals surface area contributed by atoms with Crippen molar-refractivity contribution in [1.29, 1.82) is 0 Å². The molecular weight excluding hydrogens is 414 g/mol. The Balaban J connectivity index is 1.48. The Labute approximate surface area is 193 Å². The Bertz CT molecular complexity index is 1220. The summed E-state index contributed by atoms with van der Waals surface area (Å²) < 4.78 is 0. The van der Waals surface area contributed by atoms with E-state index in [9.17, 15) is 4.79 Å². The van der Waals surface area contributed by atoms with Crippen molar-refractivity contribution in [1.82, 2.24) is 9.97 Å². The zero-order chi connectivity index (χ0) is 22.7. The fraction of sp³-hybridized carbons (Fsp3) is 0.222. The number of rotatable bonds is 5. The summed E-state index contributed by atoms with van der Waals surface area (Å²) >= 11 is 1.64. The van der Waals surface area contributed by atoms with Crippen LogP contribution in [-0.4, -0.2) is 15.9 Å². The van der Waals surface area contributed by atoms with Crippen LogP contribution in [0.1, 0.15) is 52.8 Å². The minimum absolute atomic E-state index is 0.0631. The lowest BCUT2D eigenvalue weighted by atomic mass is 9.87. The summed E-state index contributed by atoms with van der Waals surface area (Å²) in [5.41, 5.74) is 7.01. The van der Waals surface area contributed by atoms with E-state index in [0.29, 0.717) is 5.56 Å². The fourth-order valence-electron chi connectivity index (χ4n) is 3.47. The highest BCUT2D eigenvalue weighted by atomic mass is 32.1. The van der Waals surface area contributed by atoms with Gasteiger partial charge in [-0.15, -0.1) is 11.3 Å². The maximum Gasteiger partial charge on any atom is 0.255 e. The number of amides is 1. The molecule has 0 atom stereocenters. The second-order valence-corrected chi connectivity index (χ2v) is 9.91. The van der Waals surface area contributed by atoms with Crippen LogP contribution in [-0.2, 0) is 11.8 Å². The van der Waals surface area contributed by atoms with E-state index in [0.717, 1.165) is 33.9 Å². The van der Waals surface area contributed by atoms with Gasteiger partial charge in [0.15, 0.2) is 0 Å². The van der Waals surface area contributed by atoms with Gasteiger partial charge in [-0.05, 0) is 65.4 Å². The van der Waals surface area contributed by atoms with Crippen LogP contribution >= 0.6 is 11.3 Å². The third kappa shape index (κ3) is 5.11. The molecule has 0 aliphatic rings. The number of aryl methyl sites for hydroxylation is 1. The van der Waals surface area contributed by atoms with Crippen LogP contribution in [0.25, 0.3) is 11.3 Å². The molecule has 4 rings (SSSR count). The Morgan fingerprint density at radius 2 is 1.84 bits per heavy atom. The number of carbonyl (C=O) groups excluding carboxylic acids is 1. The number of anilines is 1. The van der Waals surface area contributed by atoms with Crippen molar-refractivity contribution in [2.45, 2.75) is 39.5 Å². The van der Waals surface area contributed by atoms with E-state index < -0.39 is 0 Å². The number of benzene rings is 2. The van der Waals surface area contributed by atoms with Crippen molar-refractivity contribution in [3.63, 3.8) is 0 Å². The Kier molecular flexibility index (Phi) is 6.19. The average Bonchev–Trinajstić information content (AvgIpc) is 3.25. The summed E-state index contributed by atoms with van der Waals surface area (Å²) in [6.45, 7) is 8.58. The standard InChI is InChI=1S/C27H27N3OS/c1-18-7-12-23(29-26(31)19-8-10-22(11-9-19)27(2,3)4)14-21(18)15-25-30-24(17-32-25)20-6-5-13-28-16-20/h5-14,16-17H,15H2,1-4H3,(H,29,31). The van der Waals surface area contributed by atoms with E-state index in [4.69, 9.17) is 4.98 Å². The molecule has 1 N–H and O–H groups in total. The zero-order valence-corrected chi connectivity index (χ0v) is 19.7. The van der Waals surface area contributed by atoms with Gasteiger partial charge in [0.1, 0.15) is 0 Å². The second kappa shape index (κ2) is 9.05. The first-order chi connectivity index (χ1) is 15.3. The molecule has 4 aromatic rings. The Morgan fingerprint density at radius 1 is 1.06 bits per heavy atom. The minimum Gasteiger partial charge on any atom is -0.322 e. The third-order valence-corrected chi connectivity index (χ3v) is 6.32. The summed E-state index contributed by atoms with van der Waals surface area (Å²) in [4.78, 5) is 21.7. The van der Waals surface area contributed by atoms with E-state index in [2.05, 4.69) is 43.4 Å².